The third-order valence-electron chi connectivity index (χ3n) is 5.38. The highest BCUT2D eigenvalue weighted by atomic mass is 35.5. The summed E-state index contributed by atoms with van der Waals surface area (Å²) < 4.78 is 7.09. The fourth-order valence-corrected chi connectivity index (χ4v) is 3.63. The highest BCUT2D eigenvalue weighted by Crippen LogP contribution is 2.28. The van der Waals surface area contributed by atoms with Gasteiger partial charge < -0.3 is 24.6 Å². The molecule has 2 aromatic rings. The Labute approximate surface area is 192 Å². The fraction of sp³-hybridized carbons (Fsp3) is 0.435. The minimum Gasteiger partial charge on any atom is -0.416 e. The van der Waals surface area contributed by atoms with E-state index < -0.39 is 18.0 Å². The highest BCUT2D eigenvalue weighted by Gasteiger charge is 2.33. The van der Waals surface area contributed by atoms with Gasteiger partial charge in [0, 0.05) is 23.7 Å². The summed E-state index contributed by atoms with van der Waals surface area (Å²) in [4.78, 5) is 31.8. The zero-order chi connectivity index (χ0) is 23.6. The van der Waals surface area contributed by atoms with E-state index in [9.17, 15) is 14.7 Å². The molecule has 172 valence electrons. The standard InChI is InChI=1S/C23H29ClN4O4/c1-14(2)32-22(31)27-10-11-28-17(12-27)19(21(30)25-18(13-29)23(3,4)5)26-20(28)15-6-8-16(24)9-7-15/h6-9,18,29H,1,10-13H2,2-5H3,(H,25,30)/t18-/m1/s1. The summed E-state index contributed by atoms with van der Waals surface area (Å²) in [5.41, 5.74) is 1.27. The summed E-state index contributed by atoms with van der Waals surface area (Å²) in [6.45, 7) is 11.8. The molecule has 0 bridgehead atoms. The van der Waals surface area contributed by atoms with Crippen LogP contribution in [0.4, 0.5) is 4.79 Å². The molecule has 2 amide bonds. The Morgan fingerprint density at radius 3 is 2.50 bits per heavy atom. The number of allylic oxidation sites excluding steroid dienone is 1. The third kappa shape index (κ3) is 5.14. The number of nitrogens with one attached hydrogen (secondary N) is 1. The minimum absolute atomic E-state index is 0.161. The summed E-state index contributed by atoms with van der Waals surface area (Å²) in [5.74, 6) is 0.508. The normalized spacial score (nSPS) is 14.5. The third-order valence-corrected chi connectivity index (χ3v) is 5.63. The second-order valence-electron chi connectivity index (χ2n) is 8.96. The van der Waals surface area contributed by atoms with E-state index in [-0.39, 0.29) is 24.3 Å². The Morgan fingerprint density at radius 1 is 1.28 bits per heavy atom. The number of aromatic nitrogens is 2. The first-order valence-electron chi connectivity index (χ1n) is 10.4. The van der Waals surface area contributed by atoms with E-state index >= 15 is 0 Å². The van der Waals surface area contributed by atoms with Crippen molar-refractivity contribution in [1.82, 2.24) is 19.8 Å². The van der Waals surface area contributed by atoms with Gasteiger partial charge in [0.2, 0.25) is 0 Å². The maximum Gasteiger partial charge on any atom is 0.415 e. The van der Waals surface area contributed by atoms with Crippen LogP contribution in [0, 0.1) is 5.41 Å². The van der Waals surface area contributed by atoms with Gasteiger partial charge in [0.1, 0.15) is 5.82 Å². The van der Waals surface area contributed by atoms with Crippen molar-refractivity contribution in [1.29, 1.82) is 0 Å². The zero-order valence-corrected chi connectivity index (χ0v) is 19.6. The first-order valence-corrected chi connectivity index (χ1v) is 10.8. The molecule has 0 unspecified atom stereocenters. The number of carbonyl (C=O) groups excluding carboxylic acids is 2. The number of halogens is 1. The second-order valence-corrected chi connectivity index (χ2v) is 9.39. The number of aliphatic hydroxyl groups excluding tert-OH is 1. The van der Waals surface area contributed by atoms with Gasteiger partial charge >= 0.3 is 6.09 Å². The minimum atomic E-state index is -0.521. The number of amides is 2. The largest absolute Gasteiger partial charge is 0.416 e. The van der Waals surface area contributed by atoms with Gasteiger partial charge in [-0.2, -0.15) is 0 Å². The molecule has 9 heteroatoms. The summed E-state index contributed by atoms with van der Waals surface area (Å²) in [5, 5.41) is 13.3. The van der Waals surface area contributed by atoms with Crippen molar-refractivity contribution in [3.05, 3.63) is 53.0 Å². The van der Waals surface area contributed by atoms with Crippen LogP contribution in [-0.4, -0.2) is 50.8 Å². The Balaban J connectivity index is 2.01. The number of imidazole rings is 1. The van der Waals surface area contributed by atoms with Crippen molar-refractivity contribution in [2.24, 2.45) is 5.41 Å². The van der Waals surface area contributed by atoms with Gasteiger partial charge in [0.25, 0.3) is 5.91 Å². The van der Waals surface area contributed by atoms with Crippen LogP contribution in [0.5, 0.6) is 0 Å². The number of nitrogens with zero attached hydrogens (tertiary/aromatic N) is 3. The number of fused-ring (bicyclic) bond motifs is 1. The van der Waals surface area contributed by atoms with Crippen molar-refractivity contribution in [3.63, 3.8) is 0 Å². The van der Waals surface area contributed by atoms with Crippen LogP contribution < -0.4 is 5.32 Å². The van der Waals surface area contributed by atoms with Gasteiger partial charge in [0.05, 0.1) is 30.6 Å². The molecule has 0 spiro atoms. The molecule has 1 aromatic heterocycles. The summed E-state index contributed by atoms with van der Waals surface area (Å²) in [6, 6.07) is 6.75. The maximum absolute atomic E-state index is 13.2. The first-order chi connectivity index (χ1) is 15.0. The SMILES string of the molecule is C=C(C)OC(=O)N1CCn2c(-c3ccc(Cl)cc3)nc(C(=O)N[C@H](CO)C(C)(C)C)c2C1. The number of carbonyl (C=O) groups is 2. The van der Waals surface area contributed by atoms with Gasteiger partial charge in [-0.25, -0.2) is 9.78 Å². The molecule has 1 aliphatic heterocycles. The number of hydrogen-bond donors (Lipinski definition) is 2. The average Bonchev–Trinajstić information content (AvgIpc) is 3.10. The molecule has 1 aromatic carbocycles. The molecule has 0 saturated carbocycles. The van der Waals surface area contributed by atoms with Gasteiger partial charge in [-0.15, -0.1) is 0 Å². The molecule has 8 nitrogen and oxygen atoms in total. The molecular formula is C23H29ClN4O4. The summed E-state index contributed by atoms with van der Waals surface area (Å²) in [6.07, 6.45) is -0.521. The van der Waals surface area contributed by atoms with Gasteiger partial charge in [-0.3, -0.25) is 4.79 Å². The molecular weight excluding hydrogens is 432 g/mol. The predicted molar refractivity (Wildman–Crippen MR) is 122 cm³/mol. The van der Waals surface area contributed by atoms with Crippen LogP contribution in [0.15, 0.2) is 36.6 Å². The summed E-state index contributed by atoms with van der Waals surface area (Å²) >= 11 is 6.03. The van der Waals surface area contributed by atoms with Crippen LogP contribution in [0.1, 0.15) is 43.9 Å². The predicted octanol–water partition coefficient (Wildman–Crippen LogP) is 3.83. The van der Waals surface area contributed by atoms with Crippen molar-refractivity contribution in [2.45, 2.75) is 46.8 Å². The first kappa shape index (κ1) is 23.8. The van der Waals surface area contributed by atoms with E-state index in [1.807, 2.05) is 37.5 Å². The summed E-state index contributed by atoms with van der Waals surface area (Å²) in [7, 11) is 0. The molecule has 0 fully saturated rings. The lowest BCUT2D eigenvalue weighted by Crippen LogP contribution is -2.47. The number of benzene rings is 1. The molecule has 2 N–H and O–H groups in total. The van der Waals surface area contributed by atoms with Crippen LogP contribution in [0.2, 0.25) is 5.02 Å². The lowest BCUT2D eigenvalue weighted by Gasteiger charge is -2.30. The van der Waals surface area contributed by atoms with Crippen molar-refractivity contribution < 1.29 is 19.4 Å². The van der Waals surface area contributed by atoms with Crippen LogP contribution >= 0.6 is 11.6 Å². The molecule has 0 aliphatic carbocycles. The molecule has 2 heterocycles. The van der Waals surface area contributed by atoms with Crippen molar-refractivity contribution in [2.75, 3.05) is 13.2 Å². The Hall–Kier alpha value is -2.84. The number of ether oxygens (including phenoxy) is 1. The topological polar surface area (TPSA) is 96.7 Å². The van der Waals surface area contributed by atoms with E-state index in [4.69, 9.17) is 16.3 Å². The monoisotopic (exact) mass is 460 g/mol. The Kier molecular flexibility index (Phi) is 6.95. The maximum atomic E-state index is 13.2. The lowest BCUT2D eigenvalue weighted by atomic mass is 9.87. The molecule has 1 aliphatic rings. The highest BCUT2D eigenvalue weighted by molar-refractivity contribution is 6.30. The number of aliphatic hydroxyl groups is 1. The van der Waals surface area contributed by atoms with Gasteiger partial charge in [-0.1, -0.05) is 39.0 Å². The number of rotatable bonds is 5. The van der Waals surface area contributed by atoms with E-state index in [1.165, 1.54) is 4.90 Å². The van der Waals surface area contributed by atoms with E-state index in [0.29, 0.717) is 35.4 Å². The zero-order valence-electron chi connectivity index (χ0n) is 18.8. The molecule has 0 radical (unpaired) electrons. The van der Waals surface area contributed by atoms with E-state index in [1.54, 1.807) is 19.1 Å². The van der Waals surface area contributed by atoms with Crippen LogP contribution in [-0.2, 0) is 17.8 Å². The van der Waals surface area contributed by atoms with Crippen LogP contribution in [0.3, 0.4) is 0 Å². The Bertz CT molecular complexity index is 1020. The van der Waals surface area contributed by atoms with Crippen LogP contribution in [0.25, 0.3) is 11.4 Å². The molecule has 3 rings (SSSR count). The Morgan fingerprint density at radius 2 is 1.94 bits per heavy atom. The molecule has 1 atom stereocenters. The average molecular weight is 461 g/mol. The molecule has 0 saturated heterocycles. The van der Waals surface area contributed by atoms with E-state index in [0.717, 1.165) is 5.56 Å². The quantitative estimate of drug-likeness (QED) is 0.661. The lowest BCUT2D eigenvalue weighted by molar-refractivity contribution is 0.0837. The number of hydrogen-bond acceptors (Lipinski definition) is 5. The van der Waals surface area contributed by atoms with Crippen molar-refractivity contribution >= 4 is 23.6 Å². The van der Waals surface area contributed by atoms with Gasteiger partial charge in [0.15, 0.2) is 5.69 Å². The second kappa shape index (κ2) is 9.34. The molecule has 32 heavy (non-hydrogen) atoms. The fourth-order valence-electron chi connectivity index (χ4n) is 3.50. The van der Waals surface area contributed by atoms with Gasteiger partial charge in [-0.05, 0) is 36.6 Å². The smallest absolute Gasteiger partial charge is 0.415 e. The van der Waals surface area contributed by atoms with Crippen molar-refractivity contribution in [3.8, 4) is 11.4 Å². The van der Waals surface area contributed by atoms with E-state index in [2.05, 4.69) is 16.9 Å².